The van der Waals surface area contributed by atoms with Gasteiger partial charge in [-0.1, -0.05) is 18.2 Å². The number of nitrogens with one attached hydrogen (secondary N) is 1. The number of para-hydroxylation sites is 1. The molecule has 1 aromatic carbocycles. The van der Waals surface area contributed by atoms with Gasteiger partial charge in [-0.05, 0) is 31.0 Å². The van der Waals surface area contributed by atoms with E-state index in [1.165, 1.54) is 12.3 Å². The van der Waals surface area contributed by atoms with E-state index in [0.717, 1.165) is 23.2 Å². The Hall–Kier alpha value is -2.44. The van der Waals surface area contributed by atoms with Crippen LogP contribution in [0.5, 0.6) is 0 Å². The van der Waals surface area contributed by atoms with E-state index in [9.17, 15) is 13.6 Å². The number of anilines is 1. The van der Waals surface area contributed by atoms with Gasteiger partial charge in [0.25, 0.3) is 12.3 Å². The van der Waals surface area contributed by atoms with Gasteiger partial charge in [-0.25, -0.2) is 8.78 Å². The highest BCUT2D eigenvalue weighted by Crippen LogP contribution is 2.18. The molecule has 3 rings (SSSR count). The molecule has 1 aliphatic rings. The summed E-state index contributed by atoms with van der Waals surface area (Å²) >= 11 is 0. The number of carbonyl (C=O) groups is 1. The molecule has 7 heteroatoms. The summed E-state index contributed by atoms with van der Waals surface area (Å²) in [5.41, 5.74) is 1.23. The second-order valence-electron chi connectivity index (χ2n) is 5.89. The number of amides is 1. The van der Waals surface area contributed by atoms with Crippen molar-refractivity contribution in [3.63, 3.8) is 0 Å². The van der Waals surface area contributed by atoms with Gasteiger partial charge in [-0.15, -0.1) is 0 Å². The Morgan fingerprint density at radius 1 is 1.29 bits per heavy atom. The van der Waals surface area contributed by atoms with E-state index in [0.29, 0.717) is 13.1 Å². The summed E-state index contributed by atoms with van der Waals surface area (Å²) in [5.74, 6) is -0.243. The highest BCUT2D eigenvalue weighted by Gasteiger charge is 2.26. The molecule has 1 amide bonds. The zero-order chi connectivity index (χ0) is 16.9. The number of benzene rings is 1. The third kappa shape index (κ3) is 3.90. The molecule has 0 spiro atoms. The van der Waals surface area contributed by atoms with Gasteiger partial charge in [-0.3, -0.25) is 9.48 Å². The van der Waals surface area contributed by atoms with Crippen LogP contribution >= 0.6 is 0 Å². The Morgan fingerprint density at radius 3 is 2.83 bits per heavy atom. The van der Waals surface area contributed by atoms with Crippen molar-refractivity contribution in [1.29, 1.82) is 0 Å². The van der Waals surface area contributed by atoms with Crippen molar-refractivity contribution in [3.05, 3.63) is 48.3 Å². The molecule has 1 fully saturated rings. The van der Waals surface area contributed by atoms with E-state index in [4.69, 9.17) is 0 Å². The van der Waals surface area contributed by atoms with E-state index < -0.39 is 13.0 Å². The first kappa shape index (κ1) is 16.4. The molecule has 24 heavy (non-hydrogen) atoms. The van der Waals surface area contributed by atoms with Crippen molar-refractivity contribution < 1.29 is 13.6 Å². The van der Waals surface area contributed by atoms with Gasteiger partial charge in [0.1, 0.15) is 12.2 Å². The van der Waals surface area contributed by atoms with Gasteiger partial charge >= 0.3 is 0 Å². The number of halogens is 2. The molecule has 0 unspecified atom stereocenters. The van der Waals surface area contributed by atoms with Crippen molar-refractivity contribution in [2.24, 2.45) is 0 Å². The summed E-state index contributed by atoms with van der Waals surface area (Å²) < 4.78 is 26.3. The van der Waals surface area contributed by atoms with Gasteiger partial charge < -0.3 is 10.2 Å². The monoisotopic (exact) mass is 334 g/mol. The molecule has 1 aromatic heterocycles. The van der Waals surface area contributed by atoms with Crippen LogP contribution in [-0.4, -0.2) is 46.1 Å². The lowest BCUT2D eigenvalue weighted by atomic mass is 10.0. The summed E-state index contributed by atoms with van der Waals surface area (Å²) in [5, 5.41) is 7.25. The molecule has 1 saturated heterocycles. The Kier molecular flexibility index (Phi) is 5.08. The highest BCUT2D eigenvalue weighted by atomic mass is 19.3. The van der Waals surface area contributed by atoms with Crippen molar-refractivity contribution >= 4 is 11.6 Å². The van der Waals surface area contributed by atoms with Gasteiger partial charge in [0, 0.05) is 31.0 Å². The first-order valence-corrected chi connectivity index (χ1v) is 8.04. The molecular formula is C17H20F2N4O. The zero-order valence-electron chi connectivity index (χ0n) is 13.2. The quantitative estimate of drug-likeness (QED) is 0.915. The fourth-order valence-corrected chi connectivity index (χ4v) is 3.00. The molecule has 1 atom stereocenters. The van der Waals surface area contributed by atoms with Crippen LogP contribution in [0.25, 0.3) is 0 Å². The fraction of sp³-hybridized carbons (Fsp3) is 0.412. The molecule has 1 aliphatic heterocycles. The number of rotatable bonds is 5. The molecule has 0 aliphatic carbocycles. The predicted molar refractivity (Wildman–Crippen MR) is 87.2 cm³/mol. The summed E-state index contributed by atoms with van der Waals surface area (Å²) in [6.45, 7) is 0.618. The van der Waals surface area contributed by atoms with Crippen LogP contribution < -0.4 is 5.32 Å². The number of aromatic nitrogens is 2. The number of hydrogen-bond donors (Lipinski definition) is 1. The molecule has 0 saturated carbocycles. The van der Waals surface area contributed by atoms with E-state index >= 15 is 0 Å². The van der Waals surface area contributed by atoms with Crippen LogP contribution in [0.2, 0.25) is 0 Å². The van der Waals surface area contributed by atoms with E-state index in [-0.39, 0.29) is 17.6 Å². The van der Waals surface area contributed by atoms with Crippen LogP contribution in [-0.2, 0) is 6.54 Å². The Morgan fingerprint density at radius 2 is 2.08 bits per heavy atom. The minimum absolute atomic E-state index is 0.150. The molecule has 0 radical (unpaired) electrons. The first-order valence-electron chi connectivity index (χ1n) is 8.04. The molecule has 5 nitrogen and oxygen atoms in total. The van der Waals surface area contributed by atoms with Crippen molar-refractivity contribution in [2.45, 2.75) is 31.9 Å². The van der Waals surface area contributed by atoms with Crippen molar-refractivity contribution in [3.8, 4) is 0 Å². The minimum Gasteiger partial charge on any atom is -0.381 e. The van der Waals surface area contributed by atoms with Crippen LogP contribution in [0.15, 0.2) is 42.6 Å². The highest BCUT2D eigenvalue weighted by molar-refractivity contribution is 5.92. The molecule has 1 N–H and O–H groups in total. The van der Waals surface area contributed by atoms with Gasteiger partial charge in [0.2, 0.25) is 0 Å². The second-order valence-corrected chi connectivity index (χ2v) is 5.89. The number of hydrogen-bond acceptors (Lipinski definition) is 3. The maximum atomic E-state index is 12.7. The molecule has 0 bridgehead atoms. The maximum absolute atomic E-state index is 12.7. The topological polar surface area (TPSA) is 50.2 Å². The predicted octanol–water partition coefficient (Wildman–Crippen LogP) is 2.86. The third-order valence-corrected chi connectivity index (χ3v) is 4.10. The largest absolute Gasteiger partial charge is 0.381 e. The first-order chi connectivity index (χ1) is 11.6. The number of piperidine rings is 1. The second kappa shape index (κ2) is 7.42. The third-order valence-electron chi connectivity index (χ3n) is 4.10. The summed E-state index contributed by atoms with van der Waals surface area (Å²) in [4.78, 5) is 14.4. The van der Waals surface area contributed by atoms with Crippen molar-refractivity contribution in [2.75, 3.05) is 18.4 Å². The van der Waals surface area contributed by atoms with Crippen LogP contribution in [0.3, 0.4) is 0 Å². The van der Waals surface area contributed by atoms with E-state index in [2.05, 4.69) is 10.4 Å². The molecule has 2 heterocycles. The Labute approximate surface area is 139 Å². The Balaban J connectivity index is 1.66. The van der Waals surface area contributed by atoms with E-state index in [1.54, 1.807) is 4.90 Å². The van der Waals surface area contributed by atoms with Gasteiger partial charge in [0.15, 0.2) is 0 Å². The van der Waals surface area contributed by atoms with E-state index in [1.807, 2.05) is 30.3 Å². The zero-order valence-corrected chi connectivity index (χ0v) is 13.2. The van der Waals surface area contributed by atoms with Crippen LogP contribution in [0.4, 0.5) is 14.5 Å². The standard InChI is InChI=1S/C17H20F2N4O/c18-16(19)12-23-15(8-9-20-23)17(24)22-10-4-7-14(11-22)21-13-5-2-1-3-6-13/h1-3,5-6,8-9,14,16,21H,4,7,10-12H2/t14-/m0/s1. The average Bonchev–Trinajstić information content (AvgIpc) is 3.02. The smallest absolute Gasteiger partial charge is 0.272 e. The molecule has 128 valence electrons. The molecule has 2 aromatic rings. The number of alkyl halides is 2. The van der Waals surface area contributed by atoms with Crippen molar-refractivity contribution in [1.82, 2.24) is 14.7 Å². The van der Waals surface area contributed by atoms with Crippen LogP contribution in [0, 0.1) is 0 Å². The lowest BCUT2D eigenvalue weighted by molar-refractivity contribution is 0.0690. The lowest BCUT2D eigenvalue weighted by Gasteiger charge is -2.33. The Bertz CT molecular complexity index is 674. The fourth-order valence-electron chi connectivity index (χ4n) is 3.00. The minimum atomic E-state index is -2.54. The number of likely N-dealkylation sites (tertiary alicyclic amines) is 1. The summed E-state index contributed by atoms with van der Waals surface area (Å²) in [6, 6.07) is 11.5. The number of nitrogens with zero attached hydrogens (tertiary/aromatic N) is 3. The normalized spacial score (nSPS) is 18.0. The van der Waals surface area contributed by atoms with Gasteiger partial charge in [-0.2, -0.15) is 5.10 Å². The SMILES string of the molecule is O=C(c1ccnn1CC(F)F)N1CCC[C@H](Nc2ccccc2)C1. The van der Waals surface area contributed by atoms with Gasteiger partial charge in [0.05, 0.1) is 0 Å². The summed E-state index contributed by atoms with van der Waals surface area (Å²) in [6.07, 6.45) is 0.693. The maximum Gasteiger partial charge on any atom is 0.272 e. The van der Waals surface area contributed by atoms with Crippen LogP contribution in [0.1, 0.15) is 23.3 Å². The average molecular weight is 334 g/mol. The molecular weight excluding hydrogens is 314 g/mol. The number of carbonyl (C=O) groups excluding carboxylic acids is 1. The summed E-state index contributed by atoms with van der Waals surface area (Å²) in [7, 11) is 0. The lowest BCUT2D eigenvalue weighted by Crippen LogP contribution is -2.45.